The second-order valence-electron chi connectivity index (χ2n) is 5.30. The summed E-state index contributed by atoms with van der Waals surface area (Å²) >= 11 is 0. The van der Waals surface area contributed by atoms with Gasteiger partial charge in [0.25, 0.3) is 0 Å². The molecule has 3 rings (SSSR count). The van der Waals surface area contributed by atoms with Crippen molar-refractivity contribution in [2.24, 2.45) is 0 Å². The van der Waals surface area contributed by atoms with E-state index in [0.29, 0.717) is 11.3 Å². The zero-order valence-electron chi connectivity index (χ0n) is 12.9. The summed E-state index contributed by atoms with van der Waals surface area (Å²) in [5, 5.41) is 2.88. The lowest BCUT2D eigenvalue weighted by atomic mass is 10.0. The van der Waals surface area contributed by atoms with Crippen molar-refractivity contribution in [3.8, 4) is 11.1 Å². The maximum absolute atomic E-state index is 13.1. The summed E-state index contributed by atoms with van der Waals surface area (Å²) in [5.74, 6) is -0.435. The number of halogens is 1. The van der Waals surface area contributed by atoms with Crippen LogP contribution in [0.3, 0.4) is 0 Å². The van der Waals surface area contributed by atoms with Crippen LogP contribution in [0, 0.1) is 5.82 Å². The van der Waals surface area contributed by atoms with Crippen LogP contribution < -0.4 is 5.32 Å². The molecule has 0 spiro atoms. The third-order valence-corrected chi connectivity index (χ3v) is 3.59. The fourth-order valence-corrected chi connectivity index (χ4v) is 2.35. The number of nitrogens with one attached hydrogen (secondary N) is 1. The van der Waals surface area contributed by atoms with Crippen LogP contribution >= 0.6 is 0 Å². The van der Waals surface area contributed by atoms with Crippen LogP contribution in [0.5, 0.6) is 0 Å². The molecule has 118 valence electrons. The van der Waals surface area contributed by atoms with E-state index in [9.17, 15) is 9.18 Å². The standard InChI is InChI=1S/C21H16FNO/c22-19-7-4-8-20(15-19)23-14-13-21(24)18-11-9-17(10-12-18)16-5-2-1-3-6-16/h1-15,23H/b14-13+. The van der Waals surface area contributed by atoms with Gasteiger partial charge < -0.3 is 5.32 Å². The molecule has 0 heterocycles. The Morgan fingerprint density at radius 2 is 1.54 bits per heavy atom. The van der Waals surface area contributed by atoms with Crippen LogP contribution in [-0.4, -0.2) is 5.78 Å². The van der Waals surface area contributed by atoms with Crippen molar-refractivity contribution in [1.29, 1.82) is 0 Å². The van der Waals surface area contributed by atoms with E-state index in [0.717, 1.165) is 11.1 Å². The van der Waals surface area contributed by atoms with Gasteiger partial charge in [0.2, 0.25) is 0 Å². The highest BCUT2D eigenvalue weighted by atomic mass is 19.1. The number of allylic oxidation sites excluding steroid dienone is 1. The van der Waals surface area contributed by atoms with Crippen LogP contribution in [0.4, 0.5) is 10.1 Å². The van der Waals surface area contributed by atoms with Gasteiger partial charge in [-0.2, -0.15) is 0 Å². The van der Waals surface area contributed by atoms with E-state index in [1.807, 2.05) is 42.5 Å². The summed E-state index contributed by atoms with van der Waals surface area (Å²) in [6.07, 6.45) is 2.95. The Balaban J connectivity index is 1.66. The van der Waals surface area contributed by atoms with Crippen molar-refractivity contribution in [2.45, 2.75) is 0 Å². The number of carbonyl (C=O) groups excluding carboxylic acids is 1. The second kappa shape index (κ2) is 7.38. The Kier molecular flexibility index (Phi) is 4.82. The molecule has 0 atom stereocenters. The monoisotopic (exact) mass is 317 g/mol. The molecule has 0 saturated carbocycles. The molecule has 0 amide bonds. The molecular formula is C21H16FNO. The zero-order valence-corrected chi connectivity index (χ0v) is 12.9. The summed E-state index contributed by atoms with van der Waals surface area (Å²) < 4.78 is 13.1. The van der Waals surface area contributed by atoms with Gasteiger partial charge in [0.05, 0.1) is 0 Å². The molecular weight excluding hydrogens is 301 g/mol. The third kappa shape index (κ3) is 3.96. The van der Waals surface area contributed by atoms with Crippen LogP contribution in [0.1, 0.15) is 10.4 Å². The first-order valence-electron chi connectivity index (χ1n) is 7.61. The van der Waals surface area contributed by atoms with Gasteiger partial charge in [0.1, 0.15) is 5.82 Å². The van der Waals surface area contributed by atoms with E-state index < -0.39 is 0 Å². The van der Waals surface area contributed by atoms with E-state index in [1.54, 1.807) is 24.3 Å². The molecule has 0 aliphatic carbocycles. The van der Waals surface area contributed by atoms with Crippen LogP contribution in [-0.2, 0) is 0 Å². The highest BCUT2D eigenvalue weighted by Gasteiger charge is 2.02. The summed E-state index contributed by atoms with van der Waals surface area (Å²) in [7, 11) is 0. The van der Waals surface area contributed by atoms with Crippen molar-refractivity contribution >= 4 is 11.5 Å². The van der Waals surface area contributed by atoms with Gasteiger partial charge in [-0.25, -0.2) is 4.39 Å². The van der Waals surface area contributed by atoms with Crippen molar-refractivity contribution < 1.29 is 9.18 Å². The molecule has 0 aliphatic rings. The number of hydrogen-bond acceptors (Lipinski definition) is 2. The predicted octanol–water partition coefficient (Wildman–Crippen LogP) is 5.30. The minimum absolute atomic E-state index is 0.112. The molecule has 3 aromatic rings. The highest BCUT2D eigenvalue weighted by molar-refractivity contribution is 6.04. The molecule has 0 fully saturated rings. The lowest BCUT2D eigenvalue weighted by molar-refractivity contribution is 0.104. The molecule has 0 radical (unpaired) electrons. The first-order valence-corrected chi connectivity index (χ1v) is 7.61. The maximum Gasteiger partial charge on any atom is 0.187 e. The van der Waals surface area contributed by atoms with Crippen molar-refractivity contribution in [1.82, 2.24) is 0 Å². The Hall–Kier alpha value is -3.20. The van der Waals surface area contributed by atoms with Gasteiger partial charge in [-0.15, -0.1) is 0 Å². The largest absolute Gasteiger partial charge is 0.361 e. The van der Waals surface area contributed by atoms with Crippen molar-refractivity contribution in [3.63, 3.8) is 0 Å². The molecule has 3 heteroatoms. The molecule has 0 aliphatic heterocycles. The molecule has 0 aromatic heterocycles. The van der Waals surface area contributed by atoms with Crippen LogP contribution in [0.15, 0.2) is 91.1 Å². The molecule has 1 N–H and O–H groups in total. The lowest BCUT2D eigenvalue weighted by Crippen LogP contribution is -1.96. The fraction of sp³-hybridized carbons (Fsp3) is 0. The number of anilines is 1. The Morgan fingerprint density at radius 1 is 0.833 bits per heavy atom. The minimum atomic E-state index is -0.323. The fourth-order valence-electron chi connectivity index (χ4n) is 2.35. The van der Waals surface area contributed by atoms with Gasteiger partial charge in [-0.1, -0.05) is 60.7 Å². The molecule has 0 saturated heterocycles. The summed E-state index contributed by atoms with van der Waals surface area (Å²) in [4.78, 5) is 12.1. The Morgan fingerprint density at radius 3 is 2.25 bits per heavy atom. The van der Waals surface area contributed by atoms with Crippen molar-refractivity contribution in [3.05, 3.63) is 103 Å². The normalized spacial score (nSPS) is 10.7. The third-order valence-electron chi connectivity index (χ3n) is 3.59. The van der Waals surface area contributed by atoms with Crippen molar-refractivity contribution in [2.75, 3.05) is 5.32 Å². The van der Waals surface area contributed by atoms with Gasteiger partial charge in [-0.05, 0) is 29.3 Å². The summed E-state index contributed by atoms with van der Waals surface area (Å²) in [6.45, 7) is 0. The topological polar surface area (TPSA) is 29.1 Å². The minimum Gasteiger partial charge on any atom is -0.361 e. The molecule has 2 nitrogen and oxygen atoms in total. The van der Waals surface area contributed by atoms with E-state index in [2.05, 4.69) is 5.32 Å². The predicted molar refractivity (Wildman–Crippen MR) is 95.4 cm³/mol. The lowest BCUT2D eigenvalue weighted by Gasteiger charge is -2.03. The van der Waals surface area contributed by atoms with Gasteiger partial charge >= 0.3 is 0 Å². The Labute approximate surface area is 140 Å². The summed E-state index contributed by atoms with van der Waals surface area (Å²) in [5.41, 5.74) is 3.37. The zero-order chi connectivity index (χ0) is 16.8. The van der Waals surface area contributed by atoms with E-state index >= 15 is 0 Å². The van der Waals surface area contributed by atoms with Gasteiger partial charge in [0, 0.05) is 23.5 Å². The van der Waals surface area contributed by atoms with E-state index in [4.69, 9.17) is 0 Å². The molecule has 24 heavy (non-hydrogen) atoms. The number of hydrogen-bond donors (Lipinski definition) is 1. The number of benzene rings is 3. The van der Waals surface area contributed by atoms with Crippen LogP contribution in [0.2, 0.25) is 0 Å². The quantitative estimate of drug-likeness (QED) is 0.511. The maximum atomic E-state index is 13.1. The average Bonchev–Trinajstić information content (AvgIpc) is 2.63. The smallest absolute Gasteiger partial charge is 0.187 e. The number of ketones is 1. The summed E-state index contributed by atoms with van der Waals surface area (Å²) in [6, 6.07) is 23.5. The molecule has 3 aromatic carbocycles. The number of carbonyl (C=O) groups is 1. The van der Waals surface area contributed by atoms with Crippen LogP contribution in [0.25, 0.3) is 11.1 Å². The van der Waals surface area contributed by atoms with Gasteiger partial charge in [0.15, 0.2) is 5.78 Å². The first-order chi connectivity index (χ1) is 11.7. The highest BCUT2D eigenvalue weighted by Crippen LogP contribution is 2.19. The van der Waals surface area contributed by atoms with Gasteiger partial charge in [-0.3, -0.25) is 4.79 Å². The SMILES string of the molecule is O=C(/C=C/Nc1cccc(F)c1)c1ccc(-c2ccccc2)cc1. The molecule has 0 unspecified atom stereocenters. The number of rotatable bonds is 5. The molecule has 0 bridgehead atoms. The first kappa shape index (κ1) is 15.7. The Bertz CT molecular complexity index is 855. The van der Waals surface area contributed by atoms with E-state index in [-0.39, 0.29) is 11.6 Å². The average molecular weight is 317 g/mol. The van der Waals surface area contributed by atoms with E-state index in [1.165, 1.54) is 24.4 Å². The second-order valence-corrected chi connectivity index (χ2v) is 5.30.